The Morgan fingerprint density at radius 1 is 0.333 bits per heavy atom. The zero-order valence-corrected chi connectivity index (χ0v) is 48.9. The number of nitrogens with one attached hydrogen (secondary N) is 4. The Bertz CT molecular complexity index is 2380. The highest BCUT2D eigenvalue weighted by molar-refractivity contribution is 5.71. The molecular weight excluding hydrogens is 1020 g/mol. The summed E-state index contributed by atoms with van der Waals surface area (Å²) >= 11 is 0. The maximum Gasteiger partial charge on any atom is 0.243 e. The maximum atomic E-state index is 6.35. The molecule has 0 spiro atoms. The highest BCUT2D eigenvalue weighted by Gasteiger charge is 2.24. The number of aromatic nitrogens is 12. The number of benzene rings is 2. The van der Waals surface area contributed by atoms with E-state index in [1.54, 1.807) is 9.80 Å². The van der Waals surface area contributed by atoms with Crippen LogP contribution in [0.4, 0.5) is 76.8 Å². The summed E-state index contributed by atoms with van der Waals surface area (Å²) in [6, 6.07) is 14.7. The van der Waals surface area contributed by atoms with E-state index in [4.69, 9.17) is 51.6 Å². The molecule has 0 saturated heterocycles. The number of hydrogen-bond acceptors (Lipinski definition) is 23. The predicted molar refractivity (Wildman–Crippen MR) is 327 cm³/mol. The maximum absolute atomic E-state index is 6.35. The van der Waals surface area contributed by atoms with Gasteiger partial charge in [-0.05, 0) is 81.1 Å². The van der Waals surface area contributed by atoms with E-state index in [-0.39, 0.29) is 42.5 Å². The second-order valence-corrected chi connectivity index (χ2v) is 20.3. The van der Waals surface area contributed by atoms with E-state index in [9.17, 15) is 0 Å². The van der Waals surface area contributed by atoms with Gasteiger partial charge in [-0.2, -0.15) is 59.8 Å². The molecule has 440 valence electrons. The summed E-state index contributed by atoms with van der Waals surface area (Å²) in [5.74, 6) is 4.23. The molecule has 0 atom stereocenters. The zero-order chi connectivity index (χ0) is 57.3. The van der Waals surface area contributed by atoms with Crippen LogP contribution in [-0.2, 0) is 0 Å². The number of nitrogens with zero attached hydrogens (tertiary/aromatic N) is 14. The normalized spacial score (nSPS) is 11.1. The molecule has 2 aromatic carbocycles. The van der Waals surface area contributed by atoms with Crippen LogP contribution in [0.15, 0.2) is 48.5 Å². The second-order valence-electron chi connectivity index (χ2n) is 20.3. The summed E-state index contributed by atoms with van der Waals surface area (Å²) in [5, 5.41) is 13.4. The fraction of sp³-hybridized carbons (Fsp3) is 0.586. The number of nitrogen functional groups attached to an aromatic ring is 3. The van der Waals surface area contributed by atoms with Crippen molar-refractivity contribution in [2.24, 2.45) is 0 Å². The van der Waals surface area contributed by atoms with Gasteiger partial charge >= 0.3 is 0 Å². The molecule has 10 N–H and O–H groups in total. The van der Waals surface area contributed by atoms with Crippen LogP contribution in [0.1, 0.15) is 188 Å². The molecule has 0 amide bonds. The van der Waals surface area contributed by atoms with E-state index >= 15 is 0 Å². The summed E-state index contributed by atoms with van der Waals surface area (Å²) in [5.41, 5.74) is 20.3. The van der Waals surface area contributed by atoms with Crippen LogP contribution in [-0.4, -0.2) is 92.8 Å². The molecule has 4 heterocycles. The fourth-order valence-corrected chi connectivity index (χ4v) is 8.94. The number of unbranched alkanes of at least 4 members (excludes halogenated alkanes) is 20. The molecule has 0 aliphatic heterocycles. The van der Waals surface area contributed by atoms with Gasteiger partial charge < -0.3 is 47.9 Å². The third-order valence-corrected chi connectivity index (χ3v) is 13.4. The van der Waals surface area contributed by atoms with Crippen LogP contribution in [0.25, 0.3) is 0 Å². The van der Waals surface area contributed by atoms with E-state index < -0.39 is 0 Å². The molecule has 0 fully saturated rings. The largest absolute Gasteiger partial charge is 0.458 e. The molecule has 81 heavy (non-hydrogen) atoms. The van der Waals surface area contributed by atoms with E-state index in [1.807, 2.05) is 55.5 Å². The lowest BCUT2D eigenvalue weighted by atomic mass is 10.1. The molecule has 6 aromatic rings. The van der Waals surface area contributed by atoms with Crippen molar-refractivity contribution in [3.63, 3.8) is 0 Å². The highest BCUT2D eigenvalue weighted by Crippen LogP contribution is 2.35. The Hall–Kier alpha value is -7.72. The molecule has 0 aliphatic carbocycles. The Labute approximate surface area is 480 Å². The standard InChI is InChI=1S/C58H91N21O2/c1-6-10-14-18-22-26-38-62-51-66-43(5)67-55(74-51)78(56-71-48(59)68-52(75-56)63-39-27-23-19-15-11-7-2)44-30-34-46(35-31-44)80-42-81-47-36-32-45(33-37-47)79(57-72-49(60)69-53(76-57)64-40-28-24-20-16-12-8-3)58-73-50(61)70-54(77-58)65-41-29-25-21-17-13-9-4/h30-37H,6-29,38-42H2,1-5H3,(H,62,66,67,74)(H3,59,63,68,71,75)(H3,60,64,69,72,76)(H3,61,65,70,73,77). The van der Waals surface area contributed by atoms with Gasteiger partial charge in [-0.15, -0.1) is 0 Å². The van der Waals surface area contributed by atoms with Crippen molar-refractivity contribution in [1.29, 1.82) is 0 Å². The Morgan fingerprint density at radius 2 is 0.605 bits per heavy atom. The lowest BCUT2D eigenvalue weighted by molar-refractivity contribution is 0.120. The van der Waals surface area contributed by atoms with Gasteiger partial charge in [0.1, 0.15) is 17.3 Å². The number of hydrogen-bond donors (Lipinski definition) is 7. The first-order chi connectivity index (χ1) is 39.7. The Morgan fingerprint density at radius 3 is 0.914 bits per heavy atom. The Kier molecular flexibility index (Phi) is 27.6. The average Bonchev–Trinajstić information content (AvgIpc) is 3.47. The summed E-state index contributed by atoms with van der Waals surface area (Å²) < 4.78 is 12.3. The van der Waals surface area contributed by atoms with Crippen molar-refractivity contribution < 1.29 is 9.47 Å². The third-order valence-electron chi connectivity index (χ3n) is 13.4. The van der Waals surface area contributed by atoms with Gasteiger partial charge in [-0.25, -0.2) is 9.80 Å². The first-order valence-corrected chi connectivity index (χ1v) is 29.9. The molecule has 0 aliphatic rings. The summed E-state index contributed by atoms with van der Waals surface area (Å²) in [7, 11) is 0. The predicted octanol–water partition coefficient (Wildman–Crippen LogP) is 12.9. The van der Waals surface area contributed by atoms with Gasteiger partial charge in [0.2, 0.25) is 72.2 Å². The van der Waals surface area contributed by atoms with Gasteiger partial charge in [-0.3, -0.25) is 0 Å². The van der Waals surface area contributed by atoms with E-state index in [0.717, 1.165) is 57.9 Å². The lowest BCUT2D eigenvalue weighted by Crippen LogP contribution is -2.21. The van der Waals surface area contributed by atoms with Gasteiger partial charge in [0, 0.05) is 26.2 Å². The summed E-state index contributed by atoms with van der Waals surface area (Å²) in [6.07, 6.45) is 27.9. The number of aryl methyl sites for hydroxylation is 1. The SMILES string of the molecule is CCCCCCCCNc1nc(C)nc(N(c2ccc(OCOc3ccc(N(c4nc(N)nc(NCCCCCCCC)n4)c4nc(N)nc(NCCCCCCCC)n4)cc3)cc2)c2nc(N)nc(NCCCCCCCC)n2)n1. The van der Waals surface area contributed by atoms with Gasteiger partial charge in [0.05, 0.1) is 11.4 Å². The summed E-state index contributed by atoms with van der Waals surface area (Å²) in [6.45, 7) is 13.4. The van der Waals surface area contributed by atoms with E-state index in [0.29, 0.717) is 78.1 Å². The Balaban J connectivity index is 1.18. The monoisotopic (exact) mass is 1110 g/mol. The highest BCUT2D eigenvalue weighted by atomic mass is 16.7. The van der Waals surface area contributed by atoms with Crippen molar-refractivity contribution in [3.8, 4) is 11.5 Å². The van der Waals surface area contributed by atoms with Crippen LogP contribution in [0.5, 0.6) is 11.5 Å². The minimum absolute atomic E-state index is 0.0361. The summed E-state index contributed by atoms with van der Waals surface area (Å²) in [4.78, 5) is 58.9. The molecule has 0 radical (unpaired) electrons. The van der Waals surface area contributed by atoms with Crippen molar-refractivity contribution >= 4 is 76.8 Å². The third kappa shape index (κ3) is 22.4. The molecule has 0 bridgehead atoms. The molecule has 4 aromatic heterocycles. The lowest BCUT2D eigenvalue weighted by Gasteiger charge is -2.22. The van der Waals surface area contributed by atoms with Crippen LogP contribution in [0.3, 0.4) is 0 Å². The second kappa shape index (κ2) is 35.8. The van der Waals surface area contributed by atoms with Gasteiger partial charge in [0.25, 0.3) is 0 Å². The topological polar surface area (TPSA) is 306 Å². The molecule has 0 saturated carbocycles. The molecule has 23 nitrogen and oxygen atoms in total. The van der Waals surface area contributed by atoms with Gasteiger partial charge in [-0.1, -0.05) is 156 Å². The first kappa shape index (κ1) is 62.5. The number of rotatable bonds is 42. The van der Waals surface area contributed by atoms with Gasteiger partial charge in [0.15, 0.2) is 0 Å². The van der Waals surface area contributed by atoms with E-state index in [1.165, 1.54) is 103 Å². The minimum Gasteiger partial charge on any atom is -0.458 e. The minimum atomic E-state index is -0.0979. The van der Waals surface area contributed by atoms with Crippen LogP contribution < -0.4 is 57.7 Å². The number of ether oxygens (including phenoxy) is 2. The van der Waals surface area contributed by atoms with Crippen LogP contribution in [0.2, 0.25) is 0 Å². The van der Waals surface area contributed by atoms with Crippen molar-refractivity contribution in [2.75, 3.05) is 81.2 Å². The fourth-order valence-electron chi connectivity index (χ4n) is 8.94. The quantitative estimate of drug-likeness (QED) is 0.0138. The molecule has 23 heteroatoms. The van der Waals surface area contributed by atoms with Crippen molar-refractivity contribution in [3.05, 3.63) is 54.4 Å². The molecule has 0 unspecified atom stereocenters. The smallest absolute Gasteiger partial charge is 0.243 e. The van der Waals surface area contributed by atoms with Crippen LogP contribution in [0, 0.1) is 6.92 Å². The van der Waals surface area contributed by atoms with Crippen molar-refractivity contribution in [1.82, 2.24) is 59.8 Å². The first-order valence-electron chi connectivity index (χ1n) is 29.9. The number of nitrogens with two attached hydrogens (primary N) is 3. The van der Waals surface area contributed by atoms with E-state index in [2.05, 4.69) is 83.8 Å². The molecular formula is C58H91N21O2. The van der Waals surface area contributed by atoms with Crippen LogP contribution >= 0.6 is 0 Å². The average molecular weight is 1110 g/mol. The zero-order valence-electron chi connectivity index (χ0n) is 48.9. The molecule has 6 rings (SSSR count). The number of anilines is 13. The van der Waals surface area contributed by atoms with Crippen molar-refractivity contribution in [2.45, 2.75) is 189 Å².